The van der Waals surface area contributed by atoms with Gasteiger partial charge in [-0.1, -0.05) is 0 Å². The predicted octanol–water partition coefficient (Wildman–Crippen LogP) is 1.34. The van der Waals surface area contributed by atoms with E-state index in [0.29, 0.717) is 17.2 Å². The molecule has 0 spiro atoms. The molecule has 0 fully saturated rings. The zero-order valence-electron chi connectivity index (χ0n) is 7.07. The van der Waals surface area contributed by atoms with Gasteiger partial charge in [0.05, 0.1) is 0 Å². The van der Waals surface area contributed by atoms with E-state index >= 15 is 0 Å². The molecule has 68 valence electrons. The van der Waals surface area contributed by atoms with Crippen molar-refractivity contribution >= 4 is 5.65 Å². The van der Waals surface area contributed by atoms with Gasteiger partial charge >= 0.3 is 0 Å². The molecule has 2 heterocycles. The molecule has 5 heteroatoms. The maximum atomic E-state index is 12.0. The van der Waals surface area contributed by atoms with E-state index in [1.807, 2.05) is 0 Å². The highest BCUT2D eigenvalue weighted by Gasteiger charge is 2.09. The van der Waals surface area contributed by atoms with Gasteiger partial charge in [-0.15, -0.1) is 0 Å². The number of alkyl halides is 1. The van der Waals surface area contributed by atoms with Crippen LogP contribution in [0.4, 0.5) is 4.39 Å². The number of ether oxygens (including phenoxy) is 1. The van der Waals surface area contributed by atoms with Crippen LogP contribution in [0.15, 0.2) is 18.3 Å². The summed E-state index contributed by atoms with van der Waals surface area (Å²) in [7, 11) is 0. The van der Waals surface area contributed by atoms with Crippen molar-refractivity contribution in [2.24, 2.45) is 0 Å². The molecule has 0 saturated carbocycles. The fraction of sp³-hybridized carbons (Fsp3) is 0.250. The van der Waals surface area contributed by atoms with Gasteiger partial charge in [-0.2, -0.15) is 9.61 Å². The Bertz CT molecular complexity index is 426. The molecule has 2 aromatic heterocycles. The quantitative estimate of drug-likeness (QED) is 0.701. The van der Waals surface area contributed by atoms with Gasteiger partial charge in [0.1, 0.15) is 5.69 Å². The molecular formula is C8H8FN3O. The van der Waals surface area contributed by atoms with Gasteiger partial charge in [-0.25, -0.2) is 9.37 Å². The van der Waals surface area contributed by atoms with Gasteiger partial charge in [0.25, 0.3) is 0 Å². The van der Waals surface area contributed by atoms with Crippen molar-refractivity contribution in [1.29, 1.82) is 0 Å². The number of halogens is 1. The van der Waals surface area contributed by atoms with Gasteiger partial charge in [0.2, 0.25) is 12.7 Å². The third-order valence-corrected chi connectivity index (χ3v) is 1.71. The topological polar surface area (TPSA) is 39.4 Å². The fourth-order valence-corrected chi connectivity index (χ4v) is 1.20. The maximum absolute atomic E-state index is 12.0. The van der Waals surface area contributed by atoms with Crippen molar-refractivity contribution in [3.8, 4) is 5.88 Å². The Balaban J connectivity index is 2.64. The van der Waals surface area contributed by atoms with E-state index in [1.165, 1.54) is 4.52 Å². The molecule has 0 unspecified atom stereocenters. The van der Waals surface area contributed by atoms with Crippen LogP contribution in [0.25, 0.3) is 5.65 Å². The first-order valence-corrected chi connectivity index (χ1v) is 3.82. The Kier molecular flexibility index (Phi) is 1.84. The zero-order valence-corrected chi connectivity index (χ0v) is 7.07. The maximum Gasteiger partial charge on any atom is 0.240 e. The number of rotatable bonds is 2. The Morgan fingerprint density at radius 1 is 1.62 bits per heavy atom. The smallest absolute Gasteiger partial charge is 0.240 e. The lowest BCUT2D eigenvalue weighted by Gasteiger charge is -1.99. The lowest BCUT2D eigenvalue weighted by Crippen LogP contribution is -1.98. The highest BCUT2D eigenvalue weighted by atomic mass is 19.1. The van der Waals surface area contributed by atoms with Crippen LogP contribution in [-0.4, -0.2) is 21.5 Å². The Morgan fingerprint density at radius 2 is 2.46 bits per heavy atom. The van der Waals surface area contributed by atoms with E-state index in [4.69, 9.17) is 4.74 Å². The number of nitrogens with zero attached hydrogens (tertiary/aromatic N) is 3. The number of hydrogen-bond acceptors (Lipinski definition) is 3. The fourth-order valence-electron chi connectivity index (χ4n) is 1.20. The third-order valence-electron chi connectivity index (χ3n) is 1.71. The van der Waals surface area contributed by atoms with Crippen molar-refractivity contribution < 1.29 is 9.13 Å². The summed E-state index contributed by atoms with van der Waals surface area (Å²) in [4.78, 5) is 4.14. The SMILES string of the molecule is Cc1nc2cccnn2c1OCF. The molecule has 0 atom stereocenters. The summed E-state index contributed by atoms with van der Waals surface area (Å²) in [5.74, 6) is 0.359. The largest absolute Gasteiger partial charge is 0.444 e. The lowest BCUT2D eigenvalue weighted by molar-refractivity contribution is 0.180. The van der Waals surface area contributed by atoms with E-state index < -0.39 is 6.86 Å². The van der Waals surface area contributed by atoms with Crippen LogP contribution >= 0.6 is 0 Å². The first kappa shape index (κ1) is 7.97. The first-order chi connectivity index (χ1) is 6.33. The summed E-state index contributed by atoms with van der Waals surface area (Å²) in [5, 5.41) is 3.98. The van der Waals surface area contributed by atoms with Crippen LogP contribution in [0.2, 0.25) is 0 Å². The molecule has 0 radical (unpaired) electrons. The molecule has 0 aliphatic rings. The Morgan fingerprint density at radius 3 is 3.23 bits per heavy atom. The molecule has 2 aromatic rings. The Hall–Kier alpha value is -1.65. The number of aromatic nitrogens is 3. The minimum Gasteiger partial charge on any atom is -0.444 e. The summed E-state index contributed by atoms with van der Waals surface area (Å²) >= 11 is 0. The molecular weight excluding hydrogens is 173 g/mol. The number of fused-ring (bicyclic) bond motifs is 1. The third kappa shape index (κ3) is 1.22. The van der Waals surface area contributed by atoms with E-state index in [-0.39, 0.29) is 0 Å². The van der Waals surface area contributed by atoms with E-state index in [0.717, 1.165) is 0 Å². The van der Waals surface area contributed by atoms with Crippen molar-refractivity contribution in [3.05, 3.63) is 24.0 Å². The van der Waals surface area contributed by atoms with Crippen molar-refractivity contribution in [3.63, 3.8) is 0 Å². The van der Waals surface area contributed by atoms with Crippen LogP contribution in [0.3, 0.4) is 0 Å². The monoisotopic (exact) mass is 181 g/mol. The van der Waals surface area contributed by atoms with Gasteiger partial charge in [-0.05, 0) is 19.1 Å². The number of hydrogen-bond donors (Lipinski definition) is 0. The van der Waals surface area contributed by atoms with Crippen LogP contribution in [-0.2, 0) is 0 Å². The van der Waals surface area contributed by atoms with Crippen LogP contribution in [0.1, 0.15) is 5.69 Å². The first-order valence-electron chi connectivity index (χ1n) is 3.82. The second kappa shape index (κ2) is 3.01. The standard InChI is InChI=1S/C8H8FN3O/c1-6-8(13-5-9)12-7(11-6)3-2-4-10-12/h2-4H,5H2,1H3. The Labute approximate surface area is 74.0 Å². The summed E-state index contributed by atoms with van der Waals surface area (Å²) in [6.45, 7) is 0.880. The molecule has 4 nitrogen and oxygen atoms in total. The molecule has 0 saturated heterocycles. The highest BCUT2D eigenvalue weighted by Crippen LogP contribution is 2.17. The van der Waals surface area contributed by atoms with Crippen LogP contribution in [0.5, 0.6) is 5.88 Å². The zero-order chi connectivity index (χ0) is 9.26. The van der Waals surface area contributed by atoms with E-state index in [1.54, 1.807) is 25.3 Å². The van der Waals surface area contributed by atoms with Gasteiger partial charge in [0, 0.05) is 6.20 Å². The lowest BCUT2D eigenvalue weighted by atomic mass is 10.5. The van der Waals surface area contributed by atoms with Crippen molar-refractivity contribution in [2.75, 3.05) is 6.86 Å². The van der Waals surface area contributed by atoms with E-state index in [9.17, 15) is 4.39 Å². The minimum absolute atomic E-state index is 0.359. The van der Waals surface area contributed by atoms with Crippen LogP contribution < -0.4 is 4.74 Å². The second-order valence-corrected chi connectivity index (χ2v) is 2.55. The van der Waals surface area contributed by atoms with Gasteiger partial charge in [-0.3, -0.25) is 0 Å². The molecule has 0 amide bonds. The summed E-state index contributed by atoms with van der Waals surface area (Å²) < 4.78 is 18.2. The van der Waals surface area contributed by atoms with Crippen molar-refractivity contribution in [1.82, 2.24) is 14.6 Å². The summed E-state index contributed by atoms with van der Waals surface area (Å²) in [5.41, 5.74) is 1.29. The molecule has 0 aliphatic carbocycles. The average molecular weight is 181 g/mol. The molecule has 0 N–H and O–H groups in total. The second-order valence-electron chi connectivity index (χ2n) is 2.55. The molecule has 0 bridgehead atoms. The van der Waals surface area contributed by atoms with Crippen LogP contribution in [0, 0.1) is 6.92 Å². The van der Waals surface area contributed by atoms with Crippen molar-refractivity contribution in [2.45, 2.75) is 6.92 Å². The molecule has 0 aromatic carbocycles. The van der Waals surface area contributed by atoms with E-state index in [2.05, 4.69) is 10.1 Å². The highest BCUT2D eigenvalue weighted by molar-refractivity contribution is 5.43. The summed E-state index contributed by atoms with van der Waals surface area (Å²) in [6.07, 6.45) is 1.60. The predicted molar refractivity (Wildman–Crippen MR) is 44.3 cm³/mol. The number of aryl methyl sites for hydroxylation is 1. The average Bonchev–Trinajstić information content (AvgIpc) is 2.44. The number of imidazole rings is 1. The molecule has 13 heavy (non-hydrogen) atoms. The minimum atomic E-state index is -0.870. The van der Waals surface area contributed by atoms with Gasteiger partial charge < -0.3 is 4.74 Å². The molecule has 0 aliphatic heterocycles. The van der Waals surface area contributed by atoms with Gasteiger partial charge in [0.15, 0.2) is 5.65 Å². The molecule has 2 rings (SSSR count). The normalized spacial score (nSPS) is 10.6. The summed E-state index contributed by atoms with van der Waals surface area (Å²) in [6, 6.07) is 3.55.